The zero-order chi connectivity index (χ0) is 73.4. The number of allylic oxidation sites excluding steroid dienone is 4. The molecule has 0 spiro atoms. The Balaban J connectivity index is 5.27. The van der Waals surface area contributed by atoms with E-state index < -0.39 is 97.5 Å². The minimum absolute atomic E-state index is 0.0855. The van der Waals surface area contributed by atoms with E-state index in [-0.39, 0.29) is 25.7 Å². The molecular formula is C81H154O17P2. The second kappa shape index (κ2) is 73.4. The molecule has 0 heterocycles. The van der Waals surface area contributed by atoms with Crippen LogP contribution in [-0.4, -0.2) is 96.7 Å². The molecular weight excluding hydrogens is 1310 g/mol. The lowest BCUT2D eigenvalue weighted by atomic mass is 9.99. The molecule has 0 bridgehead atoms. The third kappa shape index (κ3) is 72.5. The van der Waals surface area contributed by atoms with Crippen LogP contribution in [-0.2, 0) is 65.4 Å². The predicted octanol–water partition coefficient (Wildman–Crippen LogP) is 24.0. The summed E-state index contributed by atoms with van der Waals surface area (Å²) in [5.41, 5.74) is 0. The summed E-state index contributed by atoms with van der Waals surface area (Å²) in [6.07, 6.45) is 67.2. The van der Waals surface area contributed by atoms with Crippen molar-refractivity contribution in [2.24, 2.45) is 5.92 Å². The summed E-state index contributed by atoms with van der Waals surface area (Å²) in [7, 11) is -9.93. The average Bonchev–Trinajstić information content (AvgIpc) is 1.05. The van der Waals surface area contributed by atoms with Gasteiger partial charge in [-0.25, -0.2) is 9.13 Å². The van der Waals surface area contributed by atoms with Crippen LogP contribution in [0.2, 0.25) is 0 Å². The van der Waals surface area contributed by atoms with Gasteiger partial charge in [-0.2, -0.15) is 0 Å². The van der Waals surface area contributed by atoms with Crippen molar-refractivity contribution in [2.75, 3.05) is 39.6 Å². The summed E-state index contributed by atoms with van der Waals surface area (Å²) in [6, 6.07) is 0. The molecule has 17 nitrogen and oxygen atoms in total. The normalized spacial score (nSPS) is 14.3. The fourth-order valence-corrected chi connectivity index (χ4v) is 13.6. The molecule has 19 heteroatoms. The van der Waals surface area contributed by atoms with Crippen LogP contribution in [0.5, 0.6) is 0 Å². The summed E-state index contributed by atoms with van der Waals surface area (Å²) >= 11 is 0. The molecule has 3 unspecified atom stereocenters. The summed E-state index contributed by atoms with van der Waals surface area (Å²) in [6.45, 7) is 7.31. The van der Waals surface area contributed by atoms with Crippen molar-refractivity contribution in [3.63, 3.8) is 0 Å². The van der Waals surface area contributed by atoms with Gasteiger partial charge in [0.2, 0.25) is 0 Å². The van der Waals surface area contributed by atoms with E-state index in [0.717, 1.165) is 109 Å². The van der Waals surface area contributed by atoms with Crippen LogP contribution in [0.1, 0.15) is 407 Å². The number of phosphoric ester groups is 2. The fourth-order valence-electron chi connectivity index (χ4n) is 12.0. The maximum atomic E-state index is 13.1. The summed E-state index contributed by atoms with van der Waals surface area (Å²) in [4.78, 5) is 73.0. The molecule has 3 N–H and O–H groups in total. The molecule has 0 radical (unpaired) electrons. The lowest BCUT2D eigenvalue weighted by molar-refractivity contribution is -0.161. The monoisotopic (exact) mass is 1460 g/mol. The van der Waals surface area contributed by atoms with Gasteiger partial charge in [0.15, 0.2) is 12.2 Å². The Labute approximate surface area is 612 Å². The maximum Gasteiger partial charge on any atom is 0.472 e. The highest BCUT2D eigenvalue weighted by Gasteiger charge is 2.30. The van der Waals surface area contributed by atoms with Gasteiger partial charge in [-0.3, -0.25) is 37.3 Å². The zero-order valence-electron chi connectivity index (χ0n) is 64.8. The second-order valence-corrected chi connectivity index (χ2v) is 31.6. The number of aliphatic hydroxyl groups excluding tert-OH is 1. The minimum atomic E-state index is -4.97. The summed E-state index contributed by atoms with van der Waals surface area (Å²) < 4.78 is 68.7. The molecule has 6 atom stereocenters. The third-order valence-corrected chi connectivity index (χ3v) is 20.7. The summed E-state index contributed by atoms with van der Waals surface area (Å²) in [5, 5.41) is 10.6. The molecule has 0 aromatic rings. The first kappa shape index (κ1) is 97.5. The maximum absolute atomic E-state index is 13.1. The number of rotatable bonds is 79. The molecule has 590 valence electrons. The summed E-state index contributed by atoms with van der Waals surface area (Å²) in [5.74, 6) is -1.29. The Bertz CT molecular complexity index is 2010. The Hall–Kier alpha value is -2.46. The lowest BCUT2D eigenvalue weighted by Gasteiger charge is -2.21. The molecule has 0 aromatic carbocycles. The van der Waals surface area contributed by atoms with Crippen molar-refractivity contribution in [1.29, 1.82) is 0 Å². The topological polar surface area (TPSA) is 237 Å². The Kier molecular flexibility index (Phi) is 71.6. The Morgan fingerprint density at radius 2 is 0.560 bits per heavy atom. The van der Waals surface area contributed by atoms with Crippen molar-refractivity contribution in [3.05, 3.63) is 24.3 Å². The van der Waals surface area contributed by atoms with E-state index in [1.165, 1.54) is 218 Å². The van der Waals surface area contributed by atoms with Crippen LogP contribution in [0.3, 0.4) is 0 Å². The number of phosphoric acid groups is 2. The second-order valence-electron chi connectivity index (χ2n) is 28.7. The molecule has 0 rings (SSSR count). The van der Waals surface area contributed by atoms with Crippen molar-refractivity contribution in [3.8, 4) is 0 Å². The van der Waals surface area contributed by atoms with Gasteiger partial charge in [-0.15, -0.1) is 0 Å². The van der Waals surface area contributed by atoms with E-state index in [4.69, 9.17) is 37.0 Å². The number of carbonyl (C=O) groups excluding carboxylic acids is 4. The zero-order valence-corrected chi connectivity index (χ0v) is 66.6. The van der Waals surface area contributed by atoms with Gasteiger partial charge >= 0.3 is 39.5 Å². The first-order valence-corrected chi connectivity index (χ1v) is 44.5. The van der Waals surface area contributed by atoms with Crippen LogP contribution in [0.4, 0.5) is 0 Å². The SMILES string of the molecule is CCCCCC/C=C\C=C/CCCCCCCC(=O)O[C@H](COC(=O)CCCCCCCCCCCC)COP(=O)(O)OC[C@H](O)COP(=O)(O)OC[C@@H](COC(=O)CCCCCCCCCCCCCCCCCCC)OC(=O)CCCCCCCCCCCCCCCCC(C)CC. The quantitative estimate of drug-likeness (QED) is 0.0169. The first-order chi connectivity index (χ1) is 48.6. The molecule has 0 saturated heterocycles. The Morgan fingerprint density at radius 1 is 0.320 bits per heavy atom. The van der Waals surface area contributed by atoms with Crippen LogP contribution in [0.25, 0.3) is 0 Å². The van der Waals surface area contributed by atoms with Crippen molar-refractivity contribution in [1.82, 2.24) is 0 Å². The van der Waals surface area contributed by atoms with Gasteiger partial charge < -0.3 is 33.8 Å². The van der Waals surface area contributed by atoms with Gasteiger partial charge in [0.05, 0.1) is 26.4 Å². The molecule has 0 aliphatic carbocycles. The van der Waals surface area contributed by atoms with E-state index in [9.17, 15) is 43.2 Å². The van der Waals surface area contributed by atoms with Gasteiger partial charge in [-0.1, -0.05) is 354 Å². The van der Waals surface area contributed by atoms with Gasteiger partial charge in [0.1, 0.15) is 19.3 Å². The average molecular weight is 1460 g/mol. The van der Waals surface area contributed by atoms with Crippen molar-refractivity contribution >= 4 is 39.5 Å². The van der Waals surface area contributed by atoms with E-state index in [2.05, 4.69) is 58.9 Å². The molecule has 0 aliphatic heterocycles. The number of hydrogen-bond donors (Lipinski definition) is 3. The van der Waals surface area contributed by atoms with Crippen LogP contribution in [0, 0.1) is 5.92 Å². The predicted molar refractivity (Wildman–Crippen MR) is 409 cm³/mol. The Morgan fingerprint density at radius 3 is 0.850 bits per heavy atom. The van der Waals surface area contributed by atoms with Crippen LogP contribution < -0.4 is 0 Å². The number of ether oxygens (including phenoxy) is 4. The number of hydrogen-bond acceptors (Lipinski definition) is 15. The van der Waals surface area contributed by atoms with Gasteiger partial charge in [0, 0.05) is 25.7 Å². The lowest BCUT2D eigenvalue weighted by Crippen LogP contribution is -2.30. The highest BCUT2D eigenvalue weighted by atomic mass is 31.2. The standard InChI is InChI=1S/C81H154O17P2/c1-6-10-13-16-19-22-25-27-29-30-32-36-40-45-50-55-60-65-79(84)92-71-77(98-81(86)67-62-57-52-47-42-38-34-33-35-39-43-48-53-58-63-74(5)9-4)73-96-100(89,90)94-69-75(82)68-93-99(87,88)95-72-76(70-91-78(83)64-59-54-49-44-24-21-18-15-12-8-3)97-80(85)66-61-56-51-46-41-37-31-28-26-23-20-17-14-11-7-2/h23,26,28,31,74-77,82H,6-22,24-25,27,29-30,32-73H2,1-5H3,(H,87,88)(H,89,90)/b26-23-,31-28-/t74?,75-,76+,77+/m0/s1. The van der Waals surface area contributed by atoms with E-state index in [1.807, 2.05) is 0 Å². The highest BCUT2D eigenvalue weighted by Crippen LogP contribution is 2.45. The van der Waals surface area contributed by atoms with E-state index in [0.29, 0.717) is 25.7 Å². The van der Waals surface area contributed by atoms with E-state index in [1.54, 1.807) is 0 Å². The van der Waals surface area contributed by atoms with Crippen LogP contribution in [0.15, 0.2) is 24.3 Å². The largest absolute Gasteiger partial charge is 0.472 e. The number of aliphatic hydroxyl groups is 1. The van der Waals surface area contributed by atoms with E-state index >= 15 is 0 Å². The highest BCUT2D eigenvalue weighted by molar-refractivity contribution is 7.47. The number of unbranched alkanes of at least 4 members (excludes halogenated alkanes) is 47. The molecule has 0 saturated carbocycles. The molecule has 100 heavy (non-hydrogen) atoms. The van der Waals surface area contributed by atoms with Crippen LogP contribution >= 0.6 is 15.6 Å². The number of carbonyl (C=O) groups is 4. The number of esters is 4. The molecule has 0 aromatic heterocycles. The minimum Gasteiger partial charge on any atom is -0.462 e. The molecule has 0 aliphatic rings. The van der Waals surface area contributed by atoms with Crippen molar-refractivity contribution in [2.45, 2.75) is 425 Å². The fraction of sp³-hybridized carbons (Fsp3) is 0.901. The molecule has 0 amide bonds. The van der Waals surface area contributed by atoms with Gasteiger partial charge in [-0.05, 0) is 57.3 Å². The van der Waals surface area contributed by atoms with Gasteiger partial charge in [0.25, 0.3) is 0 Å². The first-order valence-electron chi connectivity index (χ1n) is 41.5. The molecule has 0 fully saturated rings. The third-order valence-electron chi connectivity index (χ3n) is 18.8. The smallest absolute Gasteiger partial charge is 0.462 e. The van der Waals surface area contributed by atoms with Crippen molar-refractivity contribution < 1.29 is 80.2 Å².